The van der Waals surface area contributed by atoms with Crippen LogP contribution in [0.4, 0.5) is 11.4 Å². The third kappa shape index (κ3) is 2.61. The Morgan fingerprint density at radius 3 is 2.45 bits per heavy atom. The molecule has 110 valence electrons. The van der Waals surface area contributed by atoms with Gasteiger partial charge in [0.15, 0.2) is 0 Å². The van der Waals surface area contributed by atoms with Gasteiger partial charge in [-0.2, -0.15) is 0 Å². The summed E-state index contributed by atoms with van der Waals surface area (Å²) < 4.78 is 5.07. The Bertz CT molecular complexity index is 764. The van der Waals surface area contributed by atoms with E-state index in [1.54, 1.807) is 30.3 Å². The summed E-state index contributed by atoms with van der Waals surface area (Å²) in [7, 11) is 0. The zero-order valence-corrected chi connectivity index (χ0v) is 11.8. The van der Waals surface area contributed by atoms with Gasteiger partial charge in [0.05, 0.1) is 6.61 Å². The predicted molar refractivity (Wildman–Crippen MR) is 84.3 cm³/mol. The number of anilines is 1. The molecular formula is C17H14N2O3. The van der Waals surface area contributed by atoms with Gasteiger partial charge in [0.25, 0.3) is 0 Å². The first-order chi connectivity index (χ1) is 10.7. The minimum atomic E-state index is -0.310. The highest BCUT2D eigenvalue weighted by atomic mass is 16.5. The molecule has 5 heteroatoms. The maximum Gasteiger partial charge on any atom is 0.334 e. The van der Waals surface area contributed by atoms with Crippen LogP contribution in [0.25, 0.3) is 5.57 Å². The number of carbonyl (C=O) groups excluding carboxylic acids is 1. The minimum Gasteiger partial charge on any atom is -0.462 e. The van der Waals surface area contributed by atoms with Crippen molar-refractivity contribution < 1.29 is 9.53 Å². The number of nitroso groups, excluding NO2 is 1. The van der Waals surface area contributed by atoms with Crippen LogP contribution < -0.4 is 5.73 Å². The predicted octanol–water partition coefficient (Wildman–Crippen LogP) is 3.42. The lowest BCUT2D eigenvalue weighted by Gasteiger charge is -2.11. The first-order valence-corrected chi connectivity index (χ1v) is 6.89. The van der Waals surface area contributed by atoms with E-state index in [4.69, 9.17) is 10.5 Å². The highest BCUT2D eigenvalue weighted by molar-refractivity contribution is 6.03. The Morgan fingerprint density at radius 2 is 1.86 bits per heavy atom. The lowest BCUT2D eigenvalue weighted by atomic mass is 9.92. The van der Waals surface area contributed by atoms with Gasteiger partial charge in [-0.1, -0.05) is 24.3 Å². The van der Waals surface area contributed by atoms with Crippen LogP contribution in [0.3, 0.4) is 0 Å². The number of ether oxygens (including phenoxy) is 1. The van der Waals surface area contributed by atoms with Crippen molar-refractivity contribution in [3.8, 4) is 0 Å². The van der Waals surface area contributed by atoms with Gasteiger partial charge in [0, 0.05) is 17.7 Å². The molecule has 1 aliphatic rings. The van der Waals surface area contributed by atoms with Crippen molar-refractivity contribution in [2.45, 2.75) is 6.42 Å². The van der Waals surface area contributed by atoms with Crippen molar-refractivity contribution in [3.05, 3.63) is 70.1 Å². The van der Waals surface area contributed by atoms with Gasteiger partial charge in [-0.3, -0.25) is 0 Å². The molecule has 0 aliphatic carbocycles. The SMILES string of the molecule is Nc1cccc(/C(=C2/CCOC2=O)c2ccc(N=O)cc2)c1. The molecule has 0 aromatic heterocycles. The van der Waals surface area contributed by atoms with E-state index in [-0.39, 0.29) is 5.97 Å². The zero-order valence-electron chi connectivity index (χ0n) is 11.8. The topological polar surface area (TPSA) is 81.8 Å². The van der Waals surface area contributed by atoms with Gasteiger partial charge in [-0.25, -0.2) is 4.79 Å². The highest BCUT2D eigenvalue weighted by Gasteiger charge is 2.24. The average Bonchev–Trinajstić information content (AvgIpc) is 2.94. The lowest BCUT2D eigenvalue weighted by Crippen LogP contribution is -2.01. The van der Waals surface area contributed by atoms with Crippen molar-refractivity contribution >= 4 is 22.9 Å². The number of hydrogen-bond donors (Lipinski definition) is 1. The third-order valence-corrected chi connectivity index (χ3v) is 3.57. The zero-order chi connectivity index (χ0) is 15.5. The van der Waals surface area contributed by atoms with E-state index in [9.17, 15) is 9.70 Å². The fourth-order valence-electron chi connectivity index (χ4n) is 2.56. The molecular weight excluding hydrogens is 280 g/mol. The second-order valence-electron chi connectivity index (χ2n) is 5.00. The van der Waals surface area contributed by atoms with E-state index in [0.717, 1.165) is 16.7 Å². The number of hydrogen-bond acceptors (Lipinski definition) is 5. The summed E-state index contributed by atoms with van der Waals surface area (Å²) in [6, 6.07) is 14.1. The van der Waals surface area contributed by atoms with E-state index in [2.05, 4.69) is 5.18 Å². The molecule has 0 saturated carbocycles. The summed E-state index contributed by atoms with van der Waals surface area (Å²) in [4.78, 5) is 22.5. The smallest absolute Gasteiger partial charge is 0.334 e. The first-order valence-electron chi connectivity index (χ1n) is 6.89. The van der Waals surface area contributed by atoms with Crippen LogP contribution in [0.5, 0.6) is 0 Å². The highest BCUT2D eigenvalue weighted by Crippen LogP contribution is 2.33. The number of nitrogens with zero attached hydrogens (tertiary/aromatic N) is 1. The summed E-state index contributed by atoms with van der Waals surface area (Å²) in [5.74, 6) is -0.310. The van der Waals surface area contributed by atoms with Gasteiger partial charge >= 0.3 is 5.97 Å². The molecule has 2 N–H and O–H groups in total. The Morgan fingerprint density at radius 1 is 1.09 bits per heavy atom. The average molecular weight is 294 g/mol. The Kier molecular flexibility index (Phi) is 3.70. The van der Waals surface area contributed by atoms with E-state index >= 15 is 0 Å². The number of rotatable bonds is 3. The Labute approximate surface area is 127 Å². The standard InChI is InChI=1S/C17H14N2O3/c18-13-3-1-2-12(10-13)16(15-8-9-22-17(15)20)11-4-6-14(19-21)7-5-11/h1-7,10H,8-9,18H2/b16-15-. The van der Waals surface area contributed by atoms with Gasteiger partial charge in [0.2, 0.25) is 0 Å². The molecule has 22 heavy (non-hydrogen) atoms. The third-order valence-electron chi connectivity index (χ3n) is 3.57. The summed E-state index contributed by atoms with van der Waals surface area (Å²) in [6.45, 7) is 0.383. The van der Waals surface area contributed by atoms with Crippen LogP contribution >= 0.6 is 0 Å². The Hall–Kier alpha value is -2.95. The molecule has 5 nitrogen and oxygen atoms in total. The second-order valence-corrected chi connectivity index (χ2v) is 5.00. The molecule has 3 rings (SSSR count). The molecule has 0 unspecified atom stereocenters. The maximum atomic E-state index is 12.0. The van der Waals surface area contributed by atoms with Crippen molar-refractivity contribution in [2.24, 2.45) is 5.18 Å². The molecule has 1 fully saturated rings. The molecule has 1 heterocycles. The summed E-state index contributed by atoms with van der Waals surface area (Å²) in [5.41, 5.74) is 9.90. The first kappa shape index (κ1) is 14.0. The van der Waals surface area contributed by atoms with Gasteiger partial charge < -0.3 is 10.5 Å². The fraction of sp³-hybridized carbons (Fsp3) is 0.118. The van der Waals surface area contributed by atoms with Crippen LogP contribution in [-0.4, -0.2) is 12.6 Å². The molecule has 0 amide bonds. The molecule has 2 aromatic rings. The summed E-state index contributed by atoms with van der Waals surface area (Å²) >= 11 is 0. The minimum absolute atomic E-state index is 0.310. The Balaban J connectivity index is 2.18. The number of nitrogens with two attached hydrogens (primary N) is 1. The molecule has 0 spiro atoms. The van der Waals surface area contributed by atoms with Crippen molar-refractivity contribution in [1.82, 2.24) is 0 Å². The maximum absolute atomic E-state index is 12.0. The van der Waals surface area contributed by atoms with Gasteiger partial charge in [-0.15, -0.1) is 4.91 Å². The van der Waals surface area contributed by atoms with Crippen LogP contribution in [0.15, 0.2) is 59.3 Å². The van der Waals surface area contributed by atoms with Crippen LogP contribution in [0.1, 0.15) is 17.5 Å². The fourth-order valence-corrected chi connectivity index (χ4v) is 2.56. The molecule has 1 saturated heterocycles. The number of nitrogen functional groups attached to an aromatic ring is 1. The van der Waals surface area contributed by atoms with Crippen LogP contribution in [0.2, 0.25) is 0 Å². The normalized spacial score (nSPS) is 16.3. The van der Waals surface area contributed by atoms with E-state index in [1.807, 2.05) is 18.2 Å². The molecule has 0 bridgehead atoms. The van der Waals surface area contributed by atoms with Gasteiger partial charge in [-0.05, 0) is 46.1 Å². The van der Waals surface area contributed by atoms with Crippen molar-refractivity contribution in [3.63, 3.8) is 0 Å². The van der Waals surface area contributed by atoms with Crippen molar-refractivity contribution in [2.75, 3.05) is 12.3 Å². The monoisotopic (exact) mass is 294 g/mol. The van der Waals surface area contributed by atoms with Gasteiger partial charge in [0.1, 0.15) is 5.69 Å². The largest absolute Gasteiger partial charge is 0.462 e. The molecule has 0 radical (unpaired) electrons. The van der Waals surface area contributed by atoms with Crippen LogP contribution in [0, 0.1) is 4.91 Å². The second kappa shape index (κ2) is 5.81. The number of cyclic esters (lactones) is 1. The number of esters is 1. The van der Waals surface area contributed by atoms with Crippen LogP contribution in [-0.2, 0) is 9.53 Å². The molecule has 1 aliphatic heterocycles. The lowest BCUT2D eigenvalue weighted by molar-refractivity contribution is -0.135. The van der Waals surface area contributed by atoms with E-state index in [0.29, 0.717) is 30.0 Å². The summed E-state index contributed by atoms with van der Waals surface area (Å²) in [6.07, 6.45) is 0.552. The van der Waals surface area contributed by atoms with Crippen molar-refractivity contribution in [1.29, 1.82) is 0 Å². The summed E-state index contributed by atoms with van der Waals surface area (Å²) in [5, 5.41) is 2.89. The molecule has 2 aromatic carbocycles. The quantitative estimate of drug-likeness (QED) is 0.407. The van der Waals surface area contributed by atoms with E-state index < -0.39 is 0 Å². The molecule has 0 atom stereocenters. The number of benzene rings is 2. The number of carbonyl (C=O) groups is 1. The van der Waals surface area contributed by atoms with E-state index in [1.165, 1.54) is 0 Å².